The van der Waals surface area contributed by atoms with Gasteiger partial charge >= 0.3 is 0 Å². The lowest BCUT2D eigenvalue weighted by atomic mass is 9.96. The average molecular weight is 318 g/mol. The van der Waals surface area contributed by atoms with Gasteiger partial charge in [0.25, 0.3) is 0 Å². The fourth-order valence-corrected chi connectivity index (χ4v) is 3.19. The second-order valence-corrected chi connectivity index (χ2v) is 5.85. The van der Waals surface area contributed by atoms with E-state index in [1.54, 1.807) is 0 Å². The van der Waals surface area contributed by atoms with E-state index in [9.17, 15) is 0 Å². The Labute approximate surface area is 139 Å². The Morgan fingerprint density at radius 2 is 1.61 bits per heavy atom. The first kappa shape index (κ1) is 14.0. The number of aromatic nitrogens is 3. The summed E-state index contributed by atoms with van der Waals surface area (Å²) in [6, 6.07) is 20.0. The molecule has 0 aliphatic carbocycles. The molecule has 0 N–H and O–H groups in total. The molecule has 4 rings (SSSR count). The first-order valence-electron chi connectivity index (χ1n) is 7.40. The largest absolute Gasteiger partial charge is 0.249 e. The van der Waals surface area contributed by atoms with Crippen LogP contribution in [-0.4, -0.2) is 25.3 Å². The van der Waals surface area contributed by atoms with Gasteiger partial charge in [-0.3, -0.25) is 0 Å². The molecule has 2 heterocycles. The molecule has 0 bridgehead atoms. The van der Waals surface area contributed by atoms with Gasteiger partial charge in [-0.15, -0.1) is 0 Å². The number of aliphatic imine (C=N–C) groups is 1. The summed E-state index contributed by atoms with van der Waals surface area (Å²) < 4.78 is 1.82. The van der Waals surface area contributed by atoms with E-state index < -0.39 is 0 Å². The zero-order valence-corrected chi connectivity index (χ0v) is 13.4. The van der Waals surface area contributed by atoms with E-state index >= 15 is 0 Å². The maximum absolute atomic E-state index is 5.78. The summed E-state index contributed by atoms with van der Waals surface area (Å²) in [5.41, 5.74) is 2.90. The van der Waals surface area contributed by atoms with Gasteiger partial charge in [0, 0.05) is 5.56 Å². The van der Waals surface area contributed by atoms with Crippen LogP contribution in [0.15, 0.2) is 65.7 Å². The van der Waals surface area contributed by atoms with Crippen LogP contribution in [0.2, 0.25) is 0 Å². The Morgan fingerprint density at radius 3 is 2.30 bits per heavy atom. The summed E-state index contributed by atoms with van der Waals surface area (Å²) in [5, 5.41) is 4.50. The zero-order valence-electron chi connectivity index (χ0n) is 12.5. The SMILES string of the molecule is Cc1nc2n(n1)C(c1ccccc1)C(=S)C(c1ccccc1)=N2. The number of nitrogens with zero attached hydrogens (tertiary/aromatic N) is 4. The van der Waals surface area contributed by atoms with Gasteiger partial charge in [-0.25, -0.2) is 9.67 Å². The Morgan fingerprint density at radius 1 is 0.957 bits per heavy atom. The van der Waals surface area contributed by atoms with Crippen molar-refractivity contribution in [2.75, 3.05) is 0 Å². The number of hydrogen-bond acceptors (Lipinski definition) is 4. The fraction of sp³-hybridized carbons (Fsp3) is 0.111. The Kier molecular flexibility index (Phi) is 3.35. The van der Waals surface area contributed by atoms with E-state index in [0.717, 1.165) is 21.7 Å². The van der Waals surface area contributed by atoms with Gasteiger partial charge in [-0.05, 0) is 12.5 Å². The highest BCUT2D eigenvalue weighted by Crippen LogP contribution is 2.31. The predicted octanol–water partition coefficient (Wildman–Crippen LogP) is 3.68. The average Bonchev–Trinajstić information content (AvgIpc) is 2.95. The zero-order chi connectivity index (χ0) is 15.8. The Balaban J connectivity index is 1.91. The van der Waals surface area contributed by atoms with Crippen molar-refractivity contribution in [2.45, 2.75) is 13.0 Å². The molecule has 0 saturated carbocycles. The highest BCUT2D eigenvalue weighted by Gasteiger charge is 2.31. The smallest absolute Gasteiger partial charge is 0.217 e. The van der Waals surface area contributed by atoms with Crippen molar-refractivity contribution in [3.8, 4) is 0 Å². The number of thiocarbonyl (C=S) groups is 1. The van der Waals surface area contributed by atoms with Crippen LogP contribution in [0, 0.1) is 6.92 Å². The van der Waals surface area contributed by atoms with Crippen molar-refractivity contribution >= 4 is 28.7 Å². The molecule has 0 amide bonds. The monoisotopic (exact) mass is 318 g/mol. The number of fused-ring (bicyclic) bond motifs is 1. The van der Waals surface area contributed by atoms with E-state index in [-0.39, 0.29) is 6.04 Å². The first-order valence-corrected chi connectivity index (χ1v) is 7.81. The molecule has 112 valence electrons. The first-order chi connectivity index (χ1) is 11.2. The Bertz CT molecular complexity index is 897. The van der Waals surface area contributed by atoms with Crippen LogP contribution in [0.3, 0.4) is 0 Å². The molecular weight excluding hydrogens is 304 g/mol. The summed E-state index contributed by atoms with van der Waals surface area (Å²) in [4.78, 5) is 9.86. The summed E-state index contributed by atoms with van der Waals surface area (Å²) in [6.07, 6.45) is 0. The third kappa shape index (κ3) is 2.39. The number of aryl methyl sites for hydroxylation is 1. The lowest BCUT2D eigenvalue weighted by Gasteiger charge is -2.24. The summed E-state index contributed by atoms with van der Waals surface area (Å²) in [7, 11) is 0. The van der Waals surface area contributed by atoms with Crippen molar-refractivity contribution in [3.63, 3.8) is 0 Å². The molecule has 5 heteroatoms. The van der Waals surface area contributed by atoms with Crippen LogP contribution in [0.25, 0.3) is 0 Å². The maximum Gasteiger partial charge on any atom is 0.249 e. The lowest BCUT2D eigenvalue weighted by Crippen LogP contribution is -2.31. The highest BCUT2D eigenvalue weighted by molar-refractivity contribution is 7.82. The predicted molar refractivity (Wildman–Crippen MR) is 94.6 cm³/mol. The molecule has 0 spiro atoms. The molecule has 4 nitrogen and oxygen atoms in total. The van der Waals surface area contributed by atoms with Crippen LogP contribution < -0.4 is 0 Å². The molecule has 0 fully saturated rings. The lowest BCUT2D eigenvalue weighted by molar-refractivity contribution is 0.639. The summed E-state index contributed by atoms with van der Waals surface area (Å²) >= 11 is 5.78. The van der Waals surface area contributed by atoms with Crippen molar-refractivity contribution < 1.29 is 0 Å². The molecule has 3 aromatic rings. The fourth-order valence-electron chi connectivity index (χ4n) is 2.79. The maximum atomic E-state index is 5.78. The standard InChI is InChI=1S/C18H14N4S/c1-12-19-18-20-15(13-8-4-2-5-9-13)17(23)16(22(18)21-12)14-10-6-3-7-11-14/h2-11,16H,1H3. The van der Waals surface area contributed by atoms with Gasteiger partial charge in [0.2, 0.25) is 5.95 Å². The highest BCUT2D eigenvalue weighted by atomic mass is 32.1. The minimum absolute atomic E-state index is 0.157. The van der Waals surface area contributed by atoms with Crippen molar-refractivity contribution in [3.05, 3.63) is 77.6 Å². The molecule has 1 aromatic heterocycles. The molecule has 0 saturated heterocycles. The summed E-state index contributed by atoms with van der Waals surface area (Å²) in [6.45, 7) is 1.87. The topological polar surface area (TPSA) is 43.1 Å². The number of rotatable bonds is 2. The van der Waals surface area contributed by atoms with Crippen LogP contribution in [0.4, 0.5) is 5.95 Å². The molecule has 23 heavy (non-hydrogen) atoms. The van der Waals surface area contributed by atoms with E-state index in [0.29, 0.717) is 11.8 Å². The normalized spacial score (nSPS) is 16.8. The molecule has 1 unspecified atom stereocenters. The van der Waals surface area contributed by atoms with Gasteiger partial charge < -0.3 is 0 Å². The van der Waals surface area contributed by atoms with Crippen LogP contribution in [-0.2, 0) is 0 Å². The van der Waals surface area contributed by atoms with E-state index in [1.165, 1.54) is 0 Å². The number of benzene rings is 2. The third-order valence-electron chi connectivity index (χ3n) is 3.82. The molecule has 0 radical (unpaired) electrons. The van der Waals surface area contributed by atoms with E-state index in [1.807, 2.05) is 60.1 Å². The van der Waals surface area contributed by atoms with Gasteiger partial charge in [-0.2, -0.15) is 10.1 Å². The molecule has 1 atom stereocenters. The molecule has 1 aliphatic rings. The van der Waals surface area contributed by atoms with Crippen LogP contribution in [0.1, 0.15) is 23.0 Å². The quantitative estimate of drug-likeness (QED) is 0.677. The van der Waals surface area contributed by atoms with Gasteiger partial charge in [0.15, 0.2) is 0 Å². The molecule has 2 aromatic carbocycles. The van der Waals surface area contributed by atoms with Gasteiger partial charge in [0.1, 0.15) is 11.9 Å². The number of hydrogen-bond donors (Lipinski definition) is 0. The van der Waals surface area contributed by atoms with Crippen molar-refractivity contribution in [1.82, 2.24) is 14.8 Å². The van der Waals surface area contributed by atoms with Crippen molar-refractivity contribution in [1.29, 1.82) is 0 Å². The second-order valence-electron chi connectivity index (χ2n) is 5.41. The third-order valence-corrected chi connectivity index (χ3v) is 4.24. The van der Waals surface area contributed by atoms with E-state index in [2.05, 4.69) is 27.2 Å². The minimum Gasteiger partial charge on any atom is -0.217 e. The molecule has 1 aliphatic heterocycles. The van der Waals surface area contributed by atoms with Gasteiger partial charge in [0.05, 0.1) is 10.6 Å². The second kappa shape index (κ2) is 5.52. The van der Waals surface area contributed by atoms with Crippen LogP contribution in [0.5, 0.6) is 0 Å². The Hall–Kier alpha value is -2.66. The minimum atomic E-state index is -0.157. The molecular formula is C18H14N4S. The van der Waals surface area contributed by atoms with Crippen LogP contribution >= 0.6 is 12.2 Å². The van der Waals surface area contributed by atoms with Gasteiger partial charge in [-0.1, -0.05) is 72.9 Å². The van der Waals surface area contributed by atoms with E-state index in [4.69, 9.17) is 12.2 Å². The van der Waals surface area contributed by atoms with Crippen molar-refractivity contribution in [2.24, 2.45) is 4.99 Å². The summed E-state index contributed by atoms with van der Waals surface area (Å²) in [5.74, 6) is 1.30.